The highest BCUT2D eigenvalue weighted by Crippen LogP contribution is 2.31. The van der Waals surface area contributed by atoms with Crippen LogP contribution in [0.4, 0.5) is 0 Å². The van der Waals surface area contributed by atoms with E-state index in [1.54, 1.807) is 0 Å². The van der Waals surface area contributed by atoms with Crippen LogP contribution >= 0.6 is 0 Å². The molecular weight excluding hydrogens is 262 g/mol. The number of piperidine rings is 1. The van der Waals surface area contributed by atoms with E-state index in [0.717, 1.165) is 13.1 Å². The van der Waals surface area contributed by atoms with Gasteiger partial charge in [-0.15, -0.1) is 0 Å². The molecule has 1 aliphatic rings. The molecule has 1 aromatic rings. The standard InChI is InChI=1S/C18H27NO2/c1-5-21-17(20)16-8-6-14(7-9-16)15-10-12-19(13-11-15)18(2,3)4/h6-9,15H,5,10-13H2,1-4H3. The Balaban J connectivity index is 1.96. The Morgan fingerprint density at radius 1 is 1.19 bits per heavy atom. The zero-order chi connectivity index (χ0) is 15.5. The summed E-state index contributed by atoms with van der Waals surface area (Å²) < 4.78 is 5.02. The fourth-order valence-corrected chi connectivity index (χ4v) is 2.99. The summed E-state index contributed by atoms with van der Waals surface area (Å²) >= 11 is 0. The fraction of sp³-hybridized carbons (Fsp3) is 0.611. The van der Waals surface area contributed by atoms with Crippen LogP contribution in [0.1, 0.15) is 62.4 Å². The number of carbonyl (C=O) groups excluding carboxylic acids is 1. The highest BCUT2D eigenvalue weighted by Gasteiger charge is 2.27. The second-order valence-corrected chi connectivity index (χ2v) is 6.77. The SMILES string of the molecule is CCOC(=O)c1ccc(C2CCN(C(C)(C)C)CC2)cc1. The number of likely N-dealkylation sites (tertiary alicyclic amines) is 1. The normalized spacial score (nSPS) is 17.7. The zero-order valence-electron chi connectivity index (χ0n) is 13.7. The van der Waals surface area contributed by atoms with Crippen molar-refractivity contribution in [3.8, 4) is 0 Å². The third-order valence-electron chi connectivity index (χ3n) is 4.34. The van der Waals surface area contributed by atoms with Crippen molar-refractivity contribution in [2.75, 3.05) is 19.7 Å². The van der Waals surface area contributed by atoms with Crippen LogP contribution < -0.4 is 0 Å². The van der Waals surface area contributed by atoms with E-state index >= 15 is 0 Å². The minimum atomic E-state index is -0.230. The van der Waals surface area contributed by atoms with Crippen molar-refractivity contribution in [2.24, 2.45) is 0 Å². The lowest BCUT2D eigenvalue weighted by atomic mass is 9.87. The van der Waals surface area contributed by atoms with Gasteiger partial charge >= 0.3 is 5.97 Å². The Morgan fingerprint density at radius 3 is 2.24 bits per heavy atom. The molecule has 0 spiro atoms. The lowest BCUT2D eigenvalue weighted by Crippen LogP contribution is -2.45. The summed E-state index contributed by atoms with van der Waals surface area (Å²) in [5.41, 5.74) is 2.25. The molecule has 0 unspecified atom stereocenters. The maximum atomic E-state index is 11.7. The first-order valence-electron chi connectivity index (χ1n) is 7.94. The van der Waals surface area contributed by atoms with Crippen molar-refractivity contribution in [1.29, 1.82) is 0 Å². The molecule has 0 saturated carbocycles. The van der Waals surface area contributed by atoms with Gasteiger partial charge in [-0.3, -0.25) is 4.90 Å². The molecule has 3 heteroatoms. The Kier molecular flexibility index (Phi) is 5.04. The third-order valence-corrected chi connectivity index (χ3v) is 4.34. The molecule has 1 fully saturated rings. The molecule has 1 aromatic carbocycles. The summed E-state index contributed by atoms with van der Waals surface area (Å²) in [5.74, 6) is 0.381. The van der Waals surface area contributed by atoms with Crippen LogP contribution in [0.15, 0.2) is 24.3 Å². The van der Waals surface area contributed by atoms with Gasteiger partial charge in [0.2, 0.25) is 0 Å². The van der Waals surface area contributed by atoms with Crippen LogP contribution in [-0.4, -0.2) is 36.1 Å². The molecule has 0 aromatic heterocycles. The van der Waals surface area contributed by atoms with Gasteiger partial charge in [0.15, 0.2) is 0 Å². The maximum absolute atomic E-state index is 11.7. The van der Waals surface area contributed by atoms with E-state index in [0.29, 0.717) is 18.1 Å². The molecule has 1 aliphatic heterocycles. The zero-order valence-corrected chi connectivity index (χ0v) is 13.7. The molecule has 0 amide bonds. The number of rotatable bonds is 3. The summed E-state index contributed by atoms with van der Waals surface area (Å²) in [6.45, 7) is 11.4. The Hall–Kier alpha value is -1.35. The first-order valence-corrected chi connectivity index (χ1v) is 7.94. The van der Waals surface area contributed by atoms with Crippen molar-refractivity contribution in [3.63, 3.8) is 0 Å². The van der Waals surface area contributed by atoms with Crippen LogP contribution in [0, 0.1) is 0 Å². The van der Waals surface area contributed by atoms with E-state index in [2.05, 4.69) is 37.8 Å². The average molecular weight is 289 g/mol. The lowest BCUT2D eigenvalue weighted by Gasteiger charge is -2.41. The minimum Gasteiger partial charge on any atom is -0.462 e. The molecule has 0 bridgehead atoms. The number of hydrogen-bond acceptors (Lipinski definition) is 3. The number of carbonyl (C=O) groups is 1. The van der Waals surface area contributed by atoms with Gasteiger partial charge in [-0.05, 0) is 77.2 Å². The first-order chi connectivity index (χ1) is 9.91. The van der Waals surface area contributed by atoms with Crippen LogP contribution in [0.25, 0.3) is 0 Å². The van der Waals surface area contributed by atoms with Crippen LogP contribution in [-0.2, 0) is 4.74 Å². The van der Waals surface area contributed by atoms with Crippen molar-refractivity contribution < 1.29 is 9.53 Å². The highest BCUT2D eigenvalue weighted by atomic mass is 16.5. The second-order valence-electron chi connectivity index (χ2n) is 6.77. The van der Waals surface area contributed by atoms with Crippen molar-refractivity contribution in [2.45, 2.75) is 52.0 Å². The van der Waals surface area contributed by atoms with E-state index < -0.39 is 0 Å². The molecule has 116 valence electrons. The molecule has 3 nitrogen and oxygen atoms in total. The quantitative estimate of drug-likeness (QED) is 0.792. The number of hydrogen-bond donors (Lipinski definition) is 0. The summed E-state index contributed by atoms with van der Waals surface area (Å²) in [6.07, 6.45) is 2.38. The van der Waals surface area contributed by atoms with Gasteiger partial charge in [-0.2, -0.15) is 0 Å². The summed E-state index contributed by atoms with van der Waals surface area (Å²) in [7, 11) is 0. The largest absolute Gasteiger partial charge is 0.462 e. The van der Waals surface area contributed by atoms with Crippen LogP contribution in [0.5, 0.6) is 0 Å². The van der Waals surface area contributed by atoms with E-state index in [9.17, 15) is 4.79 Å². The van der Waals surface area contributed by atoms with Crippen LogP contribution in [0.2, 0.25) is 0 Å². The molecule has 2 rings (SSSR count). The highest BCUT2D eigenvalue weighted by molar-refractivity contribution is 5.89. The second kappa shape index (κ2) is 6.61. The number of benzene rings is 1. The van der Waals surface area contributed by atoms with Gasteiger partial charge in [0.1, 0.15) is 0 Å². The number of esters is 1. The Bertz CT molecular complexity index is 465. The Morgan fingerprint density at radius 2 is 1.76 bits per heavy atom. The van der Waals surface area contributed by atoms with Gasteiger partial charge in [-0.1, -0.05) is 12.1 Å². The fourth-order valence-electron chi connectivity index (χ4n) is 2.99. The average Bonchev–Trinajstić information content (AvgIpc) is 2.47. The third kappa shape index (κ3) is 4.07. The van der Waals surface area contributed by atoms with E-state index in [1.807, 2.05) is 19.1 Å². The topological polar surface area (TPSA) is 29.5 Å². The number of ether oxygens (including phenoxy) is 1. The minimum absolute atomic E-state index is 0.230. The summed E-state index contributed by atoms with van der Waals surface area (Å²) in [5, 5.41) is 0. The molecular formula is C18H27NO2. The summed E-state index contributed by atoms with van der Waals surface area (Å²) in [6, 6.07) is 7.96. The predicted molar refractivity (Wildman–Crippen MR) is 85.7 cm³/mol. The van der Waals surface area contributed by atoms with Gasteiger partial charge in [0.05, 0.1) is 12.2 Å². The van der Waals surface area contributed by atoms with Gasteiger partial charge < -0.3 is 4.74 Å². The predicted octanol–water partition coefficient (Wildman–Crippen LogP) is 3.84. The molecule has 0 atom stereocenters. The molecule has 1 saturated heterocycles. The van der Waals surface area contributed by atoms with Gasteiger partial charge in [-0.25, -0.2) is 4.79 Å². The molecule has 0 N–H and O–H groups in total. The van der Waals surface area contributed by atoms with E-state index in [1.165, 1.54) is 18.4 Å². The summed E-state index contributed by atoms with van der Waals surface area (Å²) in [4.78, 5) is 14.2. The van der Waals surface area contributed by atoms with Gasteiger partial charge in [0, 0.05) is 5.54 Å². The molecule has 21 heavy (non-hydrogen) atoms. The molecule has 0 aliphatic carbocycles. The lowest BCUT2D eigenvalue weighted by molar-refractivity contribution is 0.0526. The van der Waals surface area contributed by atoms with Crippen molar-refractivity contribution >= 4 is 5.97 Å². The monoisotopic (exact) mass is 289 g/mol. The van der Waals surface area contributed by atoms with Crippen LogP contribution in [0.3, 0.4) is 0 Å². The first kappa shape index (κ1) is 16.0. The Labute approximate surface area is 128 Å². The van der Waals surface area contributed by atoms with E-state index in [4.69, 9.17) is 4.74 Å². The van der Waals surface area contributed by atoms with Crippen molar-refractivity contribution in [1.82, 2.24) is 4.90 Å². The van der Waals surface area contributed by atoms with Gasteiger partial charge in [0.25, 0.3) is 0 Å². The number of nitrogens with zero attached hydrogens (tertiary/aromatic N) is 1. The smallest absolute Gasteiger partial charge is 0.338 e. The maximum Gasteiger partial charge on any atom is 0.338 e. The van der Waals surface area contributed by atoms with Crippen molar-refractivity contribution in [3.05, 3.63) is 35.4 Å². The molecule has 0 radical (unpaired) electrons. The van der Waals surface area contributed by atoms with E-state index in [-0.39, 0.29) is 11.5 Å². The molecule has 1 heterocycles.